The molecule has 0 aromatic carbocycles. The van der Waals surface area contributed by atoms with Crippen LogP contribution in [0.3, 0.4) is 0 Å². The number of esters is 1. The van der Waals surface area contributed by atoms with Gasteiger partial charge in [-0.1, -0.05) is 19.1 Å². The number of allylic oxidation sites excluding steroid dienone is 3. The average Bonchev–Trinajstić information content (AvgIpc) is 3.03. The number of carbonyl (C=O) groups excluding carboxylic acids is 3. The van der Waals surface area contributed by atoms with Gasteiger partial charge < -0.3 is 9.47 Å². The molecule has 0 N–H and O–H groups in total. The molecule has 140 valence electrons. The zero-order valence-electron chi connectivity index (χ0n) is 16.0. The first-order valence-electron chi connectivity index (χ1n) is 9.17. The molecule has 3 aliphatic rings. The Hall–Kier alpha value is -2.17. The van der Waals surface area contributed by atoms with Gasteiger partial charge in [-0.3, -0.25) is 9.59 Å². The van der Waals surface area contributed by atoms with E-state index in [0.717, 1.165) is 5.57 Å². The summed E-state index contributed by atoms with van der Waals surface area (Å²) in [6.45, 7) is 8.99. The van der Waals surface area contributed by atoms with E-state index < -0.39 is 17.7 Å². The lowest BCUT2D eigenvalue weighted by molar-refractivity contribution is -0.155. The van der Waals surface area contributed by atoms with Crippen molar-refractivity contribution in [3.63, 3.8) is 0 Å². The molecule has 0 saturated heterocycles. The smallest absolute Gasteiger partial charge is 0.333 e. The van der Waals surface area contributed by atoms with Crippen LogP contribution in [0.4, 0.5) is 0 Å². The third-order valence-electron chi connectivity index (χ3n) is 6.02. The van der Waals surface area contributed by atoms with Gasteiger partial charge in [-0.15, -0.1) is 0 Å². The lowest BCUT2D eigenvalue weighted by atomic mass is 9.79. The number of carbonyl (C=O) groups is 3. The minimum atomic E-state index is -1.07. The van der Waals surface area contributed by atoms with Gasteiger partial charge in [0.05, 0.1) is 0 Å². The van der Waals surface area contributed by atoms with Crippen LogP contribution in [-0.2, 0) is 23.9 Å². The van der Waals surface area contributed by atoms with Gasteiger partial charge in [0.15, 0.2) is 5.60 Å². The van der Waals surface area contributed by atoms with Crippen molar-refractivity contribution in [1.82, 2.24) is 0 Å². The quantitative estimate of drug-likeness (QED) is 0.559. The molecular formula is C21H26O5. The highest BCUT2D eigenvalue weighted by molar-refractivity contribution is 6.00. The second-order valence-corrected chi connectivity index (χ2v) is 7.88. The Bertz CT molecular complexity index is 756. The van der Waals surface area contributed by atoms with Gasteiger partial charge in [0, 0.05) is 36.3 Å². The molecule has 0 radical (unpaired) electrons. The lowest BCUT2D eigenvalue weighted by Gasteiger charge is -2.33. The topological polar surface area (TPSA) is 69.7 Å². The van der Waals surface area contributed by atoms with E-state index in [-0.39, 0.29) is 35.7 Å². The minimum absolute atomic E-state index is 0.0243. The maximum Gasteiger partial charge on any atom is 0.333 e. The third-order valence-corrected chi connectivity index (χ3v) is 6.02. The molecule has 1 saturated carbocycles. The third kappa shape index (κ3) is 3.04. The Kier molecular flexibility index (Phi) is 4.67. The maximum atomic E-state index is 12.6. The van der Waals surface area contributed by atoms with Crippen LogP contribution >= 0.6 is 0 Å². The van der Waals surface area contributed by atoms with E-state index in [1.165, 1.54) is 6.08 Å². The molecule has 3 rings (SSSR count). The predicted molar refractivity (Wildman–Crippen MR) is 96.0 cm³/mol. The van der Waals surface area contributed by atoms with Crippen molar-refractivity contribution in [1.29, 1.82) is 0 Å². The van der Waals surface area contributed by atoms with E-state index in [0.29, 0.717) is 17.8 Å². The van der Waals surface area contributed by atoms with Crippen LogP contribution in [0.15, 0.2) is 35.1 Å². The molecule has 5 heteroatoms. The molecule has 5 nitrogen and oxygen atoms in total. The van der Waals surface area contributed by atoms with Crippen LogP contribution in [0.1, 0.15) is 47.5 Å². The molecule has 2 heterocycles. The van der Waals surface area contributed by atoms with Crippen LogP contribution < -0.4 is 0 Å². The summed E-state index contributed by atoms with van der Waals surface area (Å²) < 4.78 is 11.8. The molecule has 1 fully saturated rings. The zero-order chi connectivity index (χ0) is 19.2. The fourth-order valence-corrected chi connectivity index (χ4v) is 4.23. The minimum Gasteiger partial charge on any atom is -0.479 e. The monoisotopic (exact) mass is 358 g/mol. The van der Waals surface area contributed by atoms with Gasteiger partial charge >= 0.3 is 5.97 Å². The SMILES string of the molecule is CC=C(C)C(=O)OC1CC2(C)OC(=CC2=O)C(C)=CC2CC(=O)C(C)C21. The first-order valence-corrected chi connectivity index (χ1v) is 9.17. The highest BCUT2D eigenvalue weighted by Crippen LogP contribution is 2.45. The lowest BCUT2D eigenvalue weighted by Crippen LogP contribution is -2.43. The molecule has 0 aromatic rings. The van der Waals surface area contributed by atoms with Crippen LogP contribution in [0.25, 0.3) is 0 Å². The van der Waals surface area contributed by atoms with E-state index in [2.05, 4.69) is 0 Å². The van der Waals surface area contributed by atoms with Crippen molar-refractivity contribution in [3.05, 3.63) is 35.1 Å². The summed E-state index contributed by atoms with van der Waals surface area (Å²) in [7, 11) is 0. The number of rotatable bonds is 2. The molecule has 2 aliphatic heterocycles. The fraction of sp³-hybridized carbons (Fsp3) is 0.571. The first kappa shape index (κ1) is 18.6. The number of fused-ring (bicyclic) bond motifs is 3. The van der Waals surface area contributed by atoms with Gasteiger partial charge in [0.1, 0.15) is 17.6 Å². The van der Waals surface area contributed by atoms with E-state index >= 15 is 0 Å². The summed E-state index contributed by atoms with van der Waals surface area (Å²) in [5, 5.41) is 0. The average molecular weight is 358 g/mol. The molecular weight excluding hydrogens is 332 g/mol. The van der Waals surface area contributed by atoms with Crippen molar-refractivity contribution in [2.75, 3.05) is 0 Å². The second-order valence-electron chi connectivity index (χ2n) is 7.88. The van der Waals surface area contributed by atoms with E-state index in [1.54, 1.807) is 26.8 Å². The summed E-state index contributed by atoms with van der Waals surface area (Å²) in [4.78, 5) is 37.4. The number of Topliss-reactive ketones (excluding diaryl/α,β-unsaturated/α-hetero) is 1. The molecule has 5 atom stereocenters. The van der Waals surface area contributed by atoms with Crippen LogP contribution in [-0.4, -0.2) is 29.2 Å². The zero-order valence-corrected chi connectivity index (χ0v) is 16.0. The standard InChI is InChI=1S/C21H26O5/c1-6-11(2)20(24)25-17-10-21(5)18(23)9-16(26-21)12(3)7-14-8-15(22)13(4)19(14)17/h6-7,9,13-14,17,19H,8,10H2,1-5H3. The number of hydrogen-bond donors (Lipinski definition) is 0. The Balaban J connectivity index is 2.04. The number of hydrogen-bond acceptors (Lipinski definition) is 5. The van der Waals surface area contributed by atoms with Crippen molar-refractivity contribution in [3.8, 4) is 0 Å². The molecule has 26 heavy (non-hydrogen) atoms. The molecule has 0 spiro atoms. The highest BCUT2D eigenvalue weighted by atomic mass is 16.6. The van der Waals surface area contributed by atoms with Crippen molar-refractivity contribution < 1.29 is 23.9 Å². The summed E-state index contributed by atoms with van der Waals surface area (Å²) in [6, 6.07) is 0. The van der Waals surface area contributed by atoms with Gasteiger partial charge in [-0.25, -0.2) is 4.79 Å². The highest BCUT2D eigenvalue weighted by Gasteiger charge is 2.51. The van der Waals surface area contributed by atoms with Gasteiger partial charge in [0.25, 0.3) is 0 Å². The summed E-state index contributed by atoms with van der Waals surface area (Å²) in [5.74, 6) is -0.212. The second kappa shape index (κ2) is 6.53. The van der Waals surface area contributed by atoms with Crippen molar-refractivity contribution in [2.24, 2.45) is 17.8 Å². The number of ketones is 2. The Morgan fingerprint density at radius 1 is 1.38 bits per heavy atom. The van der Waals surface area contributed by atoms with Crippen molar-refractivity contribution in [2.45, 2.75) is 59.2 Å². The Morgan fingerprint density at radius 2 is 2.08 bits per heavy atom. The largest absolute Gasteiger partial charge is 0.479 e. The van der Waals surface area contributed by atoms with Crippen LogP contribution in [0.2, 0.25) is 0 Å². The molecule has 5 unspecified atom stereocenters. The van der Waals surface area contributed by atoms with Crippen LogP contribution in [0.5, 0.6) is 0 Å². The van der Waals surface area contributed by atoms with E-state index in [9.17, 15) is 14.4 Å². The first-order chi connectivity index (χ1) is 12.2. The number of ether oxygens (including phenoxy) is 2. The van der Waals surface area contributed by atoms with Crippen molar-refractivity contribution >= 4 is 17.5 Å². The summed E-state index contributed by atoms with van der Waals surface area (Å²) in [6.07, 6.45) is 5.33. The maximum absolute atomic E-state index is 12.6. The molecule has 0 aromatic heterocycles. The molecule has 0 amide bonds. The Morgan fingerprint density at radius 3 is 2.73 bits per heavy atom. The summed E-state index contributed by atoms with van der Waals surface area (Å²) >= 11 is 0. The van der Waals surface area contributed by atoms with Crippen LogP contribution in [0, 0.1) is 17.8 Å². The fourth-order valence-electron chi connectivity index (χ4n) is 4.23. The van der Waals surface area contributed by atoms with E-state index in [4.69, 9.17) is 9.47 Å². The van der Waals surface area contributed by atoms with E-state index in [1.807, 2.05) is 19.9 Å². The van der Waals surface area contributed by atoms with Gasteiger partial charge in [-0.2, -0.15) is 0 Å². The predicted octanol–water partition coefficient (Wildman–Crippen LogP) is 3.30. The van der Waals surface area contributed by atoms with Gasteiger partial charge in [-0.05, 0) is 39.2 Å². The summed E-state index contributed by atoms with van der Waals surface area (Å²) in [5.41, 5.74) is 0.294. The Labute approximate surface area is 154 Å². The molecule has 2 bridgehead atoms. The molecule has 1 aliphatic carbocycles. The van der Waals surface area contributed by atoms with Gasteiger partial charge in [0.2, 0.25) is 5.78 Å². The normalized spacial score (nSPS) is 37.0.